The van der Waals surface area contributed by atoms with E-state index in [0.717, 1.165) is 12.1 Å². The van der Waals surface area contributed by atoms with E-state index in [4.69, 9.17) is 23.2 Å². The van der Waals surface area contributed by atoms with Gasteiger partial charge in [0.1, 0.15) is 0 Å². The molecule has 0 saturated carbocycles. The van der Waals surface area contributed by atoms with Crippen LogP contribution in [0.1, 0.15) is 32.0 Å². The van der Waals surface area contributed by atoms with Gasteiger partial charge in [0.15, 0.2) is 0 Å². The topological polar surface area (TPSA) is 0 Å². The van der Waals surface area contributed by atoms with Crippen LogP contribution in [0.5, 0.6) is 0 Å². The van der Waals surface area contributed by atoms with Gasteiger partial charge in [0, 0.05) is 0 Å². The molecule has 0 nitrogen and oxygen atoms in total. The summed E-state index contributed by atoms with van der Waals surface area (Å²) in [5.41, 5.74) is 13.5. The molecule has 264 valence electrons. The molecule has 0 radical (unpaired) electrons. The number of aryl methyl sites for hydroxylation is 4. The summed E-state index contributed by atoms with van der Waals surface area (Å²) >= 11 is 16.8. The third kappa shape index (κ3) is 8.55. The predicted octanol–water partition coefficient (Wildman–Crippen LogP) is 15.5. The Kier molecular flexibility index (Phi) is 11.7. The fourth-order valence-electron chi connectivity index (χ4n) is 7.19. The van der Waals surface area contributed by atoms with Crippen LogP contribution in [0.4, 0.5) is 0 Å². The standard InChI is InChI=1S/2C22H19S.C3H4Cl2Si.Zr/c2*1-14-11-18-12-19(21-10-9-15(2)23-21)13-20(18)22(16(14)3)17-7-5-4-6-8-17;4-3(5)1-6-2-3;/h2*4-13H,1-3H3;1-2H2;/q2*-1;;+2. The van der Waals surface area contributed by atoms with Crippen molar-refractivity contribution in [2.45, 2.75) is 58.0 Å². The number of halogens is 2. The first-order chi connectivity index (χ1) is 25.4. The zero-order chi connectivity index (χ0) is 37.4. The summed E-state index contributed by atoms with van der Waals surface area (Å²) in [5, 5.41) is 5.40. The second kappa shape index (κ2) is 16.1. The van der Waals surface area contributed by atoms with E-state index in [9.17, 15) is 0 Å². The van der Waals surface area contributed by atoms with Crippen molar-refractivity contribution in [1.29, 1.82) is 0 Å². The van der Waals surface area contributed by atoms with Crippen LogP contribution >= 0.6 is 45.9 Å². The Morgan fingerprint density at radius 3 is 1.26 bits per heavy atom. The van der Waals surface area contributed by atoms with Crippen molar-refractivity contribution in [2.24, 2.45) is 0 Å². The van der Waals surface area contributed by atoms with Gasteiger partial charge in [-0.2, -0.15) is 22.7 Å². The van der Waals surface area contributed by atoms with Crippen molar-refractivity contribution in [2.75, 3.05) is 0 Å². The summed E-state index contributed by atoms with van der Waals surface area (Å²) in [4.78, 5) is 5.43. The van der Waals surface area contributed by atoms with Crippen molar-refractivity contribution in [3.63, 3.8) is 0 Å². The normalized spacial score (nSPS) is 13.4. The molecule has 6 aromatic carbocycles. The number of fused-ring (bicyclic) bond motifs is 2. The maximum absolute atomic E-state index is 5.70. The average molecular weight is 861 g/mol. The van der Waals surface area contributed by atoms with Crippen LogP contribution in [0.3, 0.4) is 0 Å². The fourth-order valence-corrected chi connectivity index (χ4v) is 19.7. The van der Waals surface area contributed by atoms with Gasteiger partial charge >= 0.3 is 68.4 Å². The average Bonchev–Trinajstić information content (AvgIpc) is 3.93. The Hall–Kier alpha value is -2.82. The van der Waals surface area contributed by atoms with Crippen LogP contribution in [-0.4, -0.2) is 9.77 Å². The van der Waals surface area contributed by atoms with Crippen LogP contribution < -0.4 is 0 Å². The molecular weight excluding hydrogens is 819 g/mol. The van der Waals surface area contributed by atoms with Crippen molar-refractivity contribution in [1.82, 2.24) is 0 Å². The van der Waals surface area contributed by atoms with Crippen molar-refractivity contribution in [3.05, 3.63) is 153 Å². The number of hydrogen-bond donors (Lipinski definition) is 0. The van der Waals surface area contributed by atoms with E-state index >= 15 is 0 Å². The van der Waals surface area contributed by atoms with E-state index in [-0.39, 0.29) is 9.77 Å². The van der Waals surface area contributed by atoms with Crippen LogP contribution in [0, 0.1) is 41.5 Å². The van der Waals surface area contributed by atoms with E-state index in [1.807, 2.05) is 22.7 Å². The summed E-state index contributed by atoms with van der Waals surface area (Å²) in [5.74, 6) is 0. The van der Waals surface area contributed by atoms with E-state index < -0.39 is 0 Å². The molecule has 1 aliphatic heterocycles. The molecular formula is C47H42Cl2S2SiZr. The third-order valence-electron chi connectivity index (χ3n) is 10.2. The van der Waals surface area contributed by atoms with Gasteiger partial charge in [0.05, 0.1) is 0 Å². The first kappa shape index (κ1) is 38.5. The summed E-state index contributed by atoms with van der Waals surface area (Å²) in [6.45, 7) is 13.2. The van der Waals surface area contributed by atoms with Crippen LogP contribution in [-0.2, 0) is 23.3 Å². The maximum atomic E-state index is 5.70. The first-order valence-corrected chi connectivity index (χ1v) is 26.0. The number of thiophene rings is 2. The van der Waals surface area contributed by atoms with E-state index in [2.05, 4.69) is 163 Å². The molecule has 0 bridgehead atoms. The molecule has 0 spiro atoms. The van der Waals surface area contributed by atoms with E-state index in [1.165, 1.54) is 96.7 Å². The van der Waals surface area contributed by atoms with Gasteiger partial charge in [-0.1, -0.05) is 107 Å². The first-order valence-electron chi connectivity index (χ1n) is 18.0. The number of benzene rings is 4. The van der Waals surface area contributed by atoms with Gasteiger partial charge in [-0.25, -0.2) is 0 Å². The third-order valence-corrected chi connectivity index (χ3v) is 18.4. The molecule has 0 amide bonds. The van der Waals surface area contributed by atoms with Gasteiger partial charge in [0.2, 0.25) is 0 Å². The summed E-state index contributed by atoms with van der Waals surface area (Å²) < 4.78 is -0.294. The molecule has 3 heterocycles. The van der Waals surface area contributed by atoms with E-state index in [0.29, 0.717) is 0 Å². The molecule has 0 aliphatic carbocycles. The zero-order valence-corrected chi connectivity index (χ0v) is 37.6. The minimum atomic E-state index is -0.294. The Labute approximate surface area is 347 Å². The van der Waals surface area contributed by atoms with Gasteiger partial charge in [-0.3, -0.25) is 0 Å². The molecule has 6 heteroatoms. The van der Waals surface area contributed by atoms with Crippen LogP contribution in [0.15, 0.2) is 121 Å². The summed E-state index contributed by atoms with van der Waals surface area (Å²) in [7, 11) is 0. The number of hydrogen-bond acceptors (Lipinski definition) is 2. The predicted molar refractivity (Wildman–Crippen MR) is 235 cm³/mol. The van der Waals surface area contributed by atoms with Gasteiger partial charge in [-0.05, 0) is 83.3 Å². The van der Waals surface area contributed by atoms with Gasteiger partial charge in [0.25, 0.3) is 0 Å². The SMILES string of the molecule is Cc1ccc(-c2cc3c(-c4ccccc4)c(C)c(C)cc3[cH-]2)s1.Cc1ccc(-c2cc3c(-c4ccccc4)c(C)c(C)cc3[cH-]2)s1.ClC1(Cl)C[Si](=[Zr+2])C1. The van der Waals surface area contributed by atoms with Crippen LogP contribution in [0.25, 0.3) is 64.7 Å². The summed E-state index contributed by atoms with van der Waals surface area (Å²) in [6.07, 6.45) is 0. The van der Waals surface area contributed by atoms with Gasteiger partial charge < -0.3 is 0 Å². The molecule has 53 heavy (non-hydrogen) atoms. The molecule has 0 unspecified atom stereocenters. The Balaban J connectivity index is 0.000000139. The van der Waals surface area contributed by atoms with Crippen molar-refractivity contribution < 1.29 is 23.3 Å². The quantitative estimate of drug-likeness (QED) is 0.0940. The Bertz CT molecular complexity index is 2390. The fraction of sp³-hybridized carbons (Fsp3) is 0.191. The number of alkyl halides is 2. The Morgan fingerprint density at radius 1 is 0.566 bits per heavy atom. The summed E-state index contributed by atoms with van der Waals surface area (Å²) in [6, 6.07) is 46.6. The van der Waals surface area contributed by atoms with Crippen molar-refractivity contribution in [3.8, 4) is 43.1 Å². The minimum absolute atomic E-state index is 0.0262. The molecule has 2 aromatic heterocycles. The van der Waals surface area contributed by atoms with Crippen molar-refractivity contribution >= 4 is 72.9 Å². The van der Waals surface area contributed by atoms with Gasteiger partial charge in [-0.15, -0.1) is 69.1 Å². The molecule has 9 rings (SSSR count). The molecule has 8 aromatic rings. The van der Waals surface area contributed by atoms with E-state index in [1.54, 1.807) is 23.3 Å². The van der Waals surface area contributed by atoms with Crippen LogP contribution in [0.2, 0.25) is 12.1 Å². The zero-order valence-electron chi connectivity index (χ0n) is 31.0. The Morgan fingerprint density at radius 2 is 0.962 bits per heavy atom. The molecule has 0 N–H and O–H groups in total. The number of rotatable bonds is 4. The molecule has 1 aliphatic rings. The molecule has 0 atom stereocenters. The molecule has 1 fully saturated rings. The molecule has 1 saturated heterocycles. The second-order valence-corrected chi connectivity index (χ2v) is 25.6. The monoisotopic (exact) mass is 858 g/mol. The second-order valence-electron chi connectivity index (χ2n) is 14.2.